The lowest BCUT2D eigenvalue weighted by molar-refractivity contribution is 0.0322. The Morgan fingerprint density at radius 2 is 1.73 bits per heavy atom. The molecule has 3 heterocycles. The molecule has 0 amide bonds. The average molecular weight is 496 g/mol. The quantitative estimate of drug-likeness (QED) is 0.286. The first-order valence-electron chi connectivity index (χ1n) is 12.7. The number of nitrogens with one attached hydrogen (secondary N) is 1. The predicted octanol–water partition coefficient (Wildman–Crippen LogP) is 4.64. The van der Waals surface area contributed by atoms with Crippen LogP contribution in [-0.2, 0) is 11.2 Å². The number of aryl methyl sites for hydroxylation is 1. The SMILES string of the molecule is ON=C1CCc2cc(-c3nc(-c4ccc(OCCN5CCOCC5)cc4)[nH]c3-c3ccncc3)ccc21. The van der Waals surface area contributed by atoms with Crippen molar-refractivity contribution in [1.29, 1.82) is 0 Å². The lowest BCUT2D eigenvalue weighted by atomic mass is 10.0. The first kappa shape index (κ1) is 23.4. The Morgan fingerprint density at radius 3 is 2.51 bits per heavy atom. The Labute approximate surface area is 215 Å². The van der Waals surface area contributed by atoms with Crippen molar-refractivity contribution in [2.24, 2.45) is 5.16 Å². The average Bonchev–Trinajstić information content (AvgIpc) is 3.59. The van der Waals surface area contributed by atoms with Gasteiger partial charge in [-0.2, -0.15) is 0 Å². The first-order chi connectivity index (χ1) is 18.3. The molecule has 0 bridgehead atoms. The second kappa shape index (κ2) is 10.5. The highest BCUT2D eigenvalue weighted by molar-refractivity contribution is 6.04. The fourth-order valence-corrected chi connectivity index (χ4v) is 4.99. The second-order valence-corrected chi connectivity index (χ2v) is 9.29. The van der Waals surface area contributed by atoms with E-state index in [0.717, 1.165) is 96.6 Å². The maximum Gasteiger partial charge on any atom is 0.138 e. The van der Waals surface area contributed by atoms with Crippen molar-refractivity contribution in [2.75, 3.05) is 39.5 Å². The van der Waals surface area contributed by atoms with Gasteiger partial charge in [0, 0.05) is 54.3 Å². The van der Waals surface area contributed by atoms with Crippen LogP contribution in [0.5, 0.6) is 5.75 Å². The van der Waals surface area contributed by atoms with Crippen LogP contribution >= 0.6 is 0 Å². The normalized spacial score (nSPS) is 16.7. The van der Waals surface area contributed by atoms with Gasteiger partial charge in [-0.15, -0.1) is 0 Å². The summed E-state index contributed by atoms with van der Waals surface area (Å²) < 4.78 is 11.4. The third kappa shape index (κ3) is 4.98. The van der Waals surface area contributed by atoms with Crippen molar-refractivity contribution >= 4 is 5.71 Å². The number of morpholine rings is 1. The predicted molar refractivity (Wildman–Crippen MR) is 142 cm³/mol. The van der Waals surface area contributed by atoms with Crippen LogP contribution in [0, 0.1) is 0 Å². The number of benzene rings is 2. The zero-order chi connectivity index (χ0) is 25.0. The molecule has 2 aliphatic rings. The smallest absolute Gasteiger partial charge is 0.138 e. The van der Waals surface area contributed by atoms with E-state index in [4.69, 9.17) is 14.5 Å². The van der Waals surface area contributed by atoms with Crippen molar-refractivity contribution in [2.45, 2.75) is 12.8 Å². The van der Waals surface area contributed by atoms with Crippen LogP contribution in [0.4, 0.5) is 0 Å². The van der Waals surface area contributed by atoms with E-state index < -0.39 is 0 Å². The number of H-pyrrole nitrogens is 1. The van der Waals surface area contributed by atoms with Crippen LogP contribution < -0.4 is 4.74 Å². The van der Waals surface area contributed by atoms with E-state index in [1.807, 2.05) is 48.5 Å². The molecule has 2 aromatic carbocycles. The zero-order valence-corrected chi connectivity index (χ0v) is 20.6. The van der Waals surface area contributed by atoms with Gasteiger partial charge in [0.15, 0.2) is 0 Å². The van der Waals surface area contributed by atoms with Gasteiger partial charge in [-0.1, -0.05) is 17.3 Å². The van der Waals surface area contributed by atoms with Crippen LogP contribution in [-0.4, -0.2) is 70.2 Å². The molecule has 0 saturated carbocycles. The molecular weight excluding hydrogens is 466 g/mol. The summed E-state index contributed by atoms with van der Waals surface area (Å²) in [5.74, 6) is 1.64. The van der Waals surface area contributed by atoms with E-state index in [-0.39, 0.29) is 0 Å². The Morgan fingerprint density at radius 1 is 0.946 bits per heavy atom. The van der Waals surface area contributed by atoms with Gasteiger partial charge in [-0.25, -0.2) is 4.98 Å². The highest BCUT2D eigenvalue weighted by Gasteiger charge is 2.21. The number of aromatic nitrogens is 3. The summed E-state index contributed by atoms with van der Waals surface area (Å²) in [4.78, 5) is 15.1. The molecule has 2 aromatic heterocycles. The summed E-state index contributed by atoms with van der Waals surface area (Å²) in [7, 11) is 0. The monoisotopic (exact) mass is 495 g/mol. The van der Waals surface area contributed by atoms with Crippen LogP contribution in [0.1, 0.15) is 17.5 Å². The van der Waals surface area contributed by atoms with Gasteiger partial charge in [-0.05, 0) is 60.9 Å². The molecule has 0 atom stereocenters. The van der Waals surface area contributed by atoms with E-state index in [0.29, 0.717) is 6.61 Å². The summed E-state index contributed by atoms with van der Waals surface area (Å²) >= 11 is 0. The number of nitrogens with zero attached hydrogens (tertiary/aromatic N) is 4. The topological polar surface area (TPSA) is 95.9 Å². The van der Waals surface area contributed by atoms with Gasteiger partial charge in [0.05, 0.1) is 30.3 Å². The van der Waals surface area contributed by atoms with E-state index in [1.54, 1.807) is 12.4 Å². The van der Waals surface area contributed by atoms with Gasteiger partial charge in [-0.3, -0.25) is 9.88 Å². The minimum absolute atomic E-state index is 0.650. The van der Waals surface area contributed by atoms with E-state index in [1.165, 1.54) is 5.56 Å². The molecule has 8 nitrogen and oxygen atoms in total. The number of pyridine rings is 1. The molecular formula is C29H29N5O3. The van der Waals surface area contributed by atoms with Crippen LogP contribution in [0.2, 0.25) is 0 Å². The van der Waals surface area contributed by atoms with E-state index in [2.05, 4.69) is 26.1 Å². The van der Waals surface area contributed by atoms with Crippen molar-refractivity contribution < 1.29 is 14.7 Å². The summed E-state index contributed by atoms with van der Waals surface area (Å²) in [5.41, 5.74) is 7.77. The number of aromatic amines is 1. The minimum atomic E-state index is 0.650. The Hall–Kier alpha value is -4.01. The maximum atomic E-state index is 9.30. The zero-order valence-electron chi connectivity index (χ0n) is 20.6. The molecule has 0 radical (unpaired) electrons. The number of hydrogen-bond acceptors (Lipinski definition) is 7. The summed E-state index contributed by atoms with van der Waals surface area (Å²) in [6.45, 7) is 5.06. The maximum absolute atomic E-state index is 9.30. The van der Waals surface area contributed by atoms with Crippen LogP contribution in [0.15, 0.2) is 72.1 Å². The molecule has 1 saturated heterocycles. The third-order valence-electron chi connectivity index (χ3n) is 7.02. The highest BCUT2D eigenvalue weighted by Crippen LogP contribution is 2.35. The summed E-state index contributed by atoms with van der Waals surface area (Å²) in [6.07, 6.45) is 5.18. The van der Waals surface area contributed by atoms with E-state index >= 15 is 0 Å². The second-order valence-electron chi connectivity index (χ2n) is 9.29. The highest BCUT2D eigenvalue weighted by atomic mass is 16.5. The van der Waals surface area contributed by atoms with Crippen molar-refractivity contribution in [3.63, 3.8) is 0 Å². The van der Waals surface area contributed by atoms with Gasteiger partial charge < -0.3 is 19.7 Å². The molecule has 1 aliphatic heterocycles. The Kier molecular flexibility index (Phi) is 6.66. The van der Waals surface area contributed by atoms with Crippen molar-refractivity contribution in [3.05, 3.63) is 78.1 Å². The molecule has 2 N–H and O–H groups in total. The number of hydrogen-bond donors (Lipinski definition) is 2. The number of ether oxygens (including phenoxy) is 2. The first-order valence-corrected chi connectivity index (χ1v) is 12.7. The summed E-state index contributed by atoms with van der Waals surface area (Å²) in [5, 5.41) is 12.8. The van der Waals surface area contributed by atoms with Gasteiger partial charge in [0.1, 0.15) is 18.2 Å². The largest absolute Gasteiger partial charge is 0.492 e. The lowest BCUT2D eigenvalue weighted by Crippen LogP contribution is -2.38. The molecule has 0 spiro atoms. The number of fused-ring (bicyclic) bond motifs is 1. The fourth-order valence-electron chi connectivity index (χ4n) is 4.99. The molecule has 0 unspecified atom stereocenters. The molecule has 1 aliphatic carbocycles. The number of rotatable bonds is 7. The van der Waals surface area contributed by atoms with Gasteiger partial charge in [0.25, 0.3) is 0 Å². The standard InChI is InChI=1S/C29H29N5O3/c35-33-26-8-4-22-19-23(3-7-25(22)26)28-27(20-9-11-30-12-10-20)31-29(32-28)21-1-5-24(6-2-21)37-18-15-34-13-16-36-17-14-34/h1-3,5-7,9-12,19,35H,4,8,13-18H2,(H,31,32). The molecule has 188 valence electrons. The molecule has 8 heteroatoms. The van der Waals surface area contributed by atoms with Gasteiger partial charge >= 0.3 is 0 Å². The number of oxime groups is 1. The minimum Gasteiger partial charge on any atom is -0.492 e. The van der Waals surface area contributed by atoms with Crippen LogP contribution in [0.25, 0.3) is 33.9 Å². The van der Waals surface area contributed by atoms with Crippen molar-refractivity contribution in [1.82, 2.24) is 19.9 Å². The molecule has 4 aromatic rings. The molecule has 1 fully saturated rings. The molecule has 6 rings (SSSR count). The van der Waals surface area contributed by atoms with E-state index in [9.17, 15) is 5.21 Å². The van der Waals surface area contributed by atoms with Crippen molar-refractivity contribution in [3.8, 4) is 39.7 Å². The summed E-state index contributed by atoms with van der Waals surface area (Å²) in [6, 6.07) is 18.3. The van der Waals surface area contributed by atoms with Crippen LogP contribution in [0.3, 0.4) is 0 Å². The van der Waals surface area contributed by atoms with Gasteiger partial charge in [0.2, 0.25) is 0 Å². The Balaban J connectivity index is 1.26. The fraction of sp³-hybridized carbons (Fsp3) is 0.276. The molecule has 37 heavy (non-hydrogen) atoms. The lowest BCUT2D eigenvalue weighted by Gasteiger charge is -2.26. The third-order valence-corrected chi connectivity index (χ3v) is 7.02. The number of imidazole rings is 1. The Bertz CT molecular complexity index is 1390.